The number of fused-ring (bicyclic) bond motifs is 7. The van der Waals surface area contributed by atoms with E-state index in [1.54, 1.807) is 0 Å². The van der Waals surface area contributed by atoms with Crippen LogP contribution in [0.3, 0.4) is 0 Å². The maximum Gasteiger partial charge on any atom is 0.237 e. The van der Waals surface area contributed by atoms with E-state index in [-0.39, 0.29) is 34.1 Å². The van der Waals surface area contributed by atoms with Crippen LogP contribution in [0.2, 0.25) is 0 Å². The Balaban J connectivity index is 1.18. The van der Waals surface area contributed by atoms with E-state index in [9.17, 15) is 36.7 Å². The number of benzene rings is 2. The Kier molecular flexibility index (Phi) is 6.06. The second kappa shape index (κ2) is 9.78. The molecular weight excluding hydrogens is 641 g/mol. The molecule has 46 heavy (non-hydrogen) atoms. The zero-order valence-electron chi connectivity index (χ0n) is 23.6. The third-order valence-corrected chi connectivity index (χ3v) is 10.7. The minimum absolute atomic E-state index is 0.106. The van der Waals surface area contributed by atoms with Crippen LogP contribution in [0, 0.1) is 23.3 Å². The zero-order valence-corrected chi connectivity index (χ0v) is 25.3. The van der Waals surface area contributed by atoms with Crippen LogP contribution in [0.4, 0.5) is 17.6 Å². The maximum absolute atomic E-state index is 14.4. The van der Waals surface area contributed by atoms with Gasteiger partial charge in [-0.2, -0.15) is 0 Å². The average molecular weight is 657 g/mol. The number of Topliss-reactive ketones (excluding diaryl/α,β-unsaturated/α-hetero) is 4. The van der Waals surface area contributed by atoms with E-state index in [0.29, 0.717) is 33.5 Å². The van der Waals surface area contributed by atoms with Crippen molar-refractivity contribution in [2.24, 2.45) is 0 Å². The van der Waals surface area contributed by atoms with E-state index in [1.165, 1.54) is 34.8 Å². The number of rotatable bonds is 2. The number of halogens is 4. The van der Waals surface area contributed by atoms with Gasteiger partial charge in [0.05, 0.1) is 22.5 Å². The van der Waals surface area contributed by atoms with E-state index in [4.69, 9.17) is 9.97 Å². The molecule has 2 aromatic heterocycles. The van der Waals surface area contributed by atoms with E-state index >= 15 is 0 Å². The molecule has 0 radical (unpaired) electrons. The third-order valence-electron chi connectivity index (χ3n) is 8.52. The topological polar surface area (TPSA) is 94.1 Å². The Morgan fingerprint density at radius 1 is 0.609 bits per heavy atom. The summed E-state index contributed by atoms with van der Waals surface area (Å²) in [6.45, 7) is 3.77. The summed E-state index contributed by atoms with van der Waals surface area (Å²) in [5.41, 5.74) is 1.70. The fraction of sp³-hybridized carbons (Fsp3) is 0.118. The Labute approximate surface area is 265 Å². The number of carbonyl (C=O) groups excluding carboxylic acids is 4. The summed E-state index contributed by atoms with van der Waals surface area (Å²) in [5, 5.41) is 0.780. The first-order chi connectivity index (χ1) is 21.9. The van der Waals surface area contributed by atoms with Gasteiger partial charge >= 0.3 is 0 Å². The molecule has 0 fully saturated rings. The van der Waals surface area contributed by atoms with Gasteiger partial charge in [-0.05, 0) is 49.3 Å². The highest BCUT2D eigenvalue weighted by molar-refractivity contribution is 7.13. The van der Waals surface area contributed by atoms with E-state index in [0.717, 1.165) is 33.0 Å². The lowest BCUT2D eigenvalue weighted by atomic mass is 9.77. The van der Waals surface area contributed by atoms with Crippen LogP contribution >= 0.6 is 22.7 Å². The van der Waals surface area contributed by atoms with Crippen molar-refractivity contribution in [2.75, 3.05) is 0 Å². The number of thiazole rings is 2. The largest absolute Gasteiger partial charge is 0.285 e. The average Bonchev–Trinajstić information content (AvgIpc) is 3.72. The van der Waals surface area contributed by atoms with Crippen LogP contribution in [0.5, 0.6) is 0 Å². The Morgan fingerprint density at radius 3 is 1.39 bits per heavy atom. The smallest absolute Gasteiger partial charge is 0.237 e. The molecular formula is C34H16F4N2O4S2. The first-order valence-corrected chi connectivity index (χ1v) is 15.5. The number of ketones is 4. The predicted molar refractivity (Wildman–Crippen MR) is 164 cm³/mol. The molecule has 4 aliphatic rings. The van der Waals surface area contributed by atoms with Crippen molar-refractivity contribution in [2.45, 2.75) is 25.7 Å². The summed E-state index contributed by atoms with van der Waals surface area (Å²) >= 11 is 2.60. The van der Waals surface area contributed by atoms with Crippen LogP contribution in [-0.2, 0) is 9.59 Å². The third kappa shape index (κ3) is 3.99. The summed E-state index contributed by atoms with van der Waals surface area (Å²) in [4.78, 5) is 61.7. The molecule has 2 unspecified atom stereocenters. The molecule has 2 atom stereocenters. The summed E-state index contributed by atoms with van der Waals surface area (Å²) in [7, 11) is 0. The molecule has 8 rings (SSSR count). The predicted octanol–water partition coefficient (Wildman–Crippen LogP) is 7.47. The molecule has 2 heterocycles. The molecule has 2 aromatic carbocycles. The molecule has 4 aromatic rings. The normalized spacial score (nSPS) is 21.3. The Hall–Kier alpha value is -4.94. The lowest BCUT2D eigenvalue weighted by Gasteiger charge is -2.30. The molecule has 0 amide bonds. The Morgan fingerprint density at radius 2 is 1.00 bits per heavy atom. The van der Waals surface area contributed by atoms with Crippen molar-refractivity contribution in [3.8, 4) is 0 Å². The van der Waals surface area contributed by atoms with Gasteiger partial charge in [-0.15, -0.1) is 22.7 Å². The van der Waals surface area contributed by atoms with Gasteiger partial charge in [0, 0.05) is 56.0 Å². The van der Waals surface area contributed by atoms with Crippen molar-refractivity contribution in [3.63, 3.8) is 0 Å². The number of carbonyl (C=O) groups is 4. The fourth-order valence-corrected chi connectivity index (χ4v) is 8.89. The Bertz CT molecular complexity index is 2160. The zero-order chi connectivity index (χ0) is 32.3. The number of hydrogen-bond donors (Lipinski definition) is 0. The first-order valence-electron chi connectivity index (χ1n) is 13.9. The summed E-state index contributed by atoms with van der Waals surface area (Å²) in [6.07, 6.45) is 6.85. The maximum atomic E-state index is 14.4. The number of allylic oxidation sites excluding steroid dienone is 6. The highest BCUT2D eigenvalue weighted by Gasteiger charge is 2.40. The molecule has 4 aliphatic carbocycles. The molecule has 0 bridgehead atoms. The van der Waals surface area contributed by atoms with Gasteiger partial charge in [0.25, 0.3) is 0 Å². The second-order valence-corrected chi connectivity index (χ2v) is 13.5. The van der Waals surface area contributed by atoms with Crippen molar-refractivity contribution < 1.29 is 36.7 Å². The van der Waals surface area contributed by atoms with E-state index < -0.39 is 57.5 Å². The van der Waals surface area contributed by atoms with Gasteiger partial charge in [0.15, 0.2) is 0 Å². The van der Waals surface area contributed by atoms with Gasteiger partial charge in [0.2, 0.25) is 23.1 Å². The van der Waals surface area contributed by atoms with Crippen molar-refractivity contribution in [1.82, 2.24) is 9.97 Å². The summed E-state index contributed by atoms with van der Waals surface area (Å²) in [5.74, 6) is -8.30. The molecule has 6 nitrogen and oxygen atoms in total. The molecule has 0 spiro atoms. The molecule has 226 valence electrons. The quantitative estimate of drug-likeness (QED) is 0.126. The lowest BCUT2D eigenvalue weighted by Crippen LogP contribution is -2.16. The van der Waals surface area contributed by atoms with Gasteiger partial charge < -0.3 is 0 Å². The van der Waals surface area contributed by atoms with Gasteiger partial charge in [-0.3, -0.25) is 19.2 Å². The van der Waals surface area contributed by atoms with Crippen LogP contribution in [-0.4, -0.2) is 33.1 Å². The molecule has 0 aliphatic heterocycles. The van der Waals surface area contributed by atoms with Gasteiger partial charge in [-0.1, -0.05) is 12.2 Å². The number of hydrogen-bond acceptors (Lipinski definition) is 8. The van der Waals surface area contributed by atoms with E-state index in [1.807, 2.05) is 26.0 Å². The monoisotopic (exact) mass is 656 g/mol. The van der Waals surface area contributed by atoms with Gasteiger partial charge in [-0.25, -0.2) is 27.5 Å². The van der Waals surface area contributed by atoms with Crippen molar-refractivity contribution >= 4 is 80.3 Å². The molecule has 0 saturated heterocycles. The van der Waals surface area contributed by atoms with E-state index in [2.05, 4.69) is 0 Å². The minimum atomic E-state index is -1.09. The SMILES string of the molecule is CC1=CC2c3sc(/C=C4\C(=O)C(=O)c5c(F)cc(F)cc54)nc3C(C)=CC2c2sc(/C=C3\C(=O)C(=O)c4c(F)cc(F)cc43)nc21. The highest BCUT2D eigenvalue weighted by atomic mass is 32.1. The fourth-order valence-electron chi connectivity index (χ4n) is 6.50. The number of aromatic nitrogens is 2. The molecule has 0 N–H and O–H groups in total. The minimum Gasteiger partial charge on any atom is -0.285 e. The molecule has 0 saturated carbocycles. The number of nitrogens with zero attached hydrogens (tertiary/aromatic N) is 2. The second-order valence-electron chi connectivity index (χ2n) is 11.3. The summed E-state index contributed by atoms with van der Waals surface area (Å²) in [6, 6.07) is 3.07. The van der Waals surface area contributed by atoms with Crippen LogP contribution < -0.4 is 0 Å². The standard InChI is InChI=1S/C34H16F4N2O4S2/c1-11-3-19-20(33-27(11)39-23(45-33)9-17-15-5-13(35)7-21(37)25(15)31(43)29(17)41)4-12(2)28-34(19)46-24(40-28)10-18-16-6-14(36)8-22(38)26(16)32(44)30(18)42/h3-10,19-20H,1-2H3/b17-9-,18-10-. The van der Waals surface area contributed by atoms with Crippen LogP contribution in [0.1, 0.15) is 88.7 Å². The first kappa shape index (κ1) is 28.5. The van der Waals surface area contributed by atoms with Gasteiger partial charge in [0.1, 0.15) is 33.3 Å². The summed E-state index contributed by atoms with van der Waals surface area (Å²) < 4.78 is 56.8. The molecule has 12 heteroatoms. The van der Waals surface area contributed by atoms with Crippen LogP contribution in [0.15, 0.2) is 36.4 Å². The van der Waals surface area contributed by atoms with Crippen LogP contribution in [0.25, 0.3) is 34.4 Å². The van der Waals surface area contributed by atoms with Crippen molar-refractivity contribution in [1.29, 1.82) is 0 Å². The lowest BCUT2D eigenvalue weighted by molar-refractivity contribution is -0.110. The van der Waals surface area contributed by atoms with Crippen molar-refractivity contribution in [3.05, 3.63) is 113 Å². The highest BCUT2D eigenvalue weighted by Crippen LogP contribution is 2.53.